The lowest BCUT2D eigenvalue weighted by Crippen LogP contribution is -2.49. The van der Waals surface area contributed by atoms with Gasteiger partial charge in [0.2, 0.25) is 5.91 Å². The summed E-state index contributed by atoms with van der Waals surface area (Å²) in [7, 11) is 1.60. The largest absolute Gasteiger partial charge is 0.497 e. The Hall–Kier alpha value is -2.24. The Morgan fingerprint density at radius 2 is 1.69 bits per heavy atom. The van der Waals surface area contributed by atoms with Crippen LogP contribution in [0.25, 0.3) is 0 Å². The van der Waals surface area contributed by atoms with Gasteiger partial charge in [0.25, 0.3) is 5.91 Å². The highest BCUT2D eigenvalue weighted by atomic mass is 16.5. The molecule has 1 heterocycles. The molecule has 1 aromatic carbocycles. The van der Waals surface area contributed by atoms with Crippen molar-refractivity contribution in [2.24, 2.45) is 5.92 Å². The zero-order chi connectivity index (χ0) is 19.1. The van der Waals surface area contributed by atoms with Gasteiger partial charge in [-0.2, -0.15) is 0 Å². The van der Waals surface area contributed by atoms with E-state index < -0.39 is 6.10 Å². The molecule has 0 spiro atoms. The highest BCUT2D eigenvalue weighted by molar-refractivity contribution is 5.81. The van der Waals surface area contributed by atoms with Crippen LogP contribution in [0.2, 0.25) is 0 Å². The van der Waals surface area contributed by atoms with E-state index in [1.54, 1.807) is 38.3 Å². The number of carbonyl (C=O) groups excluding carboxylic acids is 2. The molecule has 1 atom stereocenters. The van der Waals surface area contributed by atoms with Gasteiger partial charge in [-0.15, -0.1) is 0 Å². The molecule has 0 bridgehead atoms. The van der Waals surface area contributed by atoms with E-state index in [9.17, 15) is 9.59 Å². The van der Waals surface area contributed by atoms with Crippen molar-refractivity contribution in [2.75, 3.05) is 20.2 Å². The third kappa shape index (κ3) is 5.93. The second-order valence-corrected chi connectivity index (χ2v) is 7.20. The van der Waals surface area contributed by atoms with Gasteiger partial charge in [-0.1, -0.05) is 13.8 Å². The van der Waals surface area contributed by atoms with E-state index >= 15 is 0 Å². The normalized spacial score (nSPS) is 16.3. The predicted molar refractivity (Wildman–Crippen MR) is 100 cm³/mol. The monoisotopic (exact) mass is 362 g/mol. The van der Waals surface area contributed by atoms with Crippen LogP contribution in [0.5, 0.6) is 11.5 Å². The molecule has 1 aromatic rings. The number of amides is 2. The molecule has 6 heteroatoms. The van der Waals surface area contributed by atoms with Crippen molar-refractivity contribution in [3.05, 3.63) is 24.3 Å². The number of nitrogens with one attached hydrogen (secondary N) is 1. The highest BCUT2D eigenvalue weighted by Crippen LogP contribution is 2.19. The Labute approximate surface area is 155 Å². The zero-order valence-electron chi connectivity index (χ0n) is 16.2. The quantitative estimate of drug-likeness (QED) is 0.810. The molecule has 1 saturated heterocycles. The molecule has 0 aromatic heterocycles. The van der Waals surface area contributed by atoms with E-state index in [0.29, 0.717) is 31.2 Å². The summed E-state index contributed by atoms with van der Waals surface area (Å²) >= 11 is 0. The van der Waals surface area contributed by atoms with Gasteiger partial charge in [0.05, 0.1) is 7.11 Å². The molecule has 0 saturated carbocycles. The number of ether oxygens (including phenoxy) is 2. The van der Waals surface area contributed by atoms with Gasteiger partial charge in [-0.05, 0) is 49.9 Å². The molecule has 0 radical (unpaired) electrons. The van der Waals surface area contributed by atoms with E-state index in [2.05, 4.69) is 19.2 Å². The molecule has 2 amide bonds. The first kappa shape index (κ1) is 20.1. The van der Waals surface area contributed by atoms with Crippen LogP contribution >= 0.6 is 0 Å². The summed E-state index contributed by atoms with van der Waals surface area (Å²) in [6, 6.07) is 7.24. The van der Waals surface area contributed by atoms with E-state index in [4.69, 9.17) is 9.47 Å². The number of rotatable bonds is 7. The predicted octanol–water partition coefficient (Wildman–Crippen LogP) is 2.62. The van der Waals surface area contributed by atoms with Crippen LogP contribution in [0.15, 0.2) is 24.3 Å². The number of nitrogens with zero attached hydrogens (tertiary/aromatic N) is 1. The second kappa shape index (κ2) is 9.46. The van der Waals surface area contributed by atoms with Crippen molar-refractivity contribution in [1.29, 1.82) is 0 Å². The van der Waals surface area contributed by atoms with Gasteiger partial charge < -0.3 is 19.7 Å². The van der Waals surface area contributed by atoms with E-state index in [0.717, 1.165) is 18.6 Å². The molecular formula is C20H30N2O4. The summed E-state index contributed by atoms with van der Waals surface area (Å²) in [6.07, 6.45) is 1.57. The van der Waals surface area contributed by atoms with Crippen LogP contribution in [0.3, 0.4) is 0 Å². The minimum absolute atomic E-state index is 0.0903. The number of methoxy groups -OCH3 is 1. The average molecular weight is 362 g/mol. The van der Waals surface area contributed by atoms with Crippen molar-refractivity contribution in [3.63, 3.8) is 0 Å². The first-order valence-electron chi connectivity index (χ1n) is 9.28. The maximum Gasteiger partial charge on any atom is 0.260 e. The maximum absolute atomic E-state index is 12.4. The molecule has 1 unspecified atom stereocenters. The summed E-state index contributed by atoms with van der Waals surface area (Å²) in [5.74, 6) is 1.82. The SMILES string of the molecule is COc1ccc(OC(C)C(=O)NC2CCN(C(=O)CC(C)C)CC2)cc1. The third-order valence-electron chi connectivity index (χ3n) is 4.52. The third-order valence-corrected chi connectivity index (χ3v) is 4.52. The van der Waals surface area contributed by atoms with Crippen molar-refractivity contribution in [1.82, 2.24) is 10.2 Å². The lowest BCUT2D eigenvalue weighted by atomic mass is 10.0. The summed E-state index contributed by atoms with van der Waals surface area (Å²) in [6.45, 7) is 7.24. The first-order chi connectivity index (χ1) is 12.4. The fourth-order valence-electron chi connectivity index (χ4n) is 2.98. The van der Waals surface area contributed by atoms with Crippen LogP contribution in [0.4, 0.5) is 0 Å². The van der Waals surface area contributed by atoms with Gasteiger partial charge in [-0.3, -0.25) is 9.59 Å². The summed E-state index contributed by atoms with van der Waals surface area (Å²) in [5.41, 5.74) is 0. The smallest absolute Gasteiger partial charge is 0.260 e. The maximum atomic E-state index is 12.4. The van der Waals surface area contributed by atoms with Crippen LogP contribution < -0.4 is 14.8 Å². The molecule has 6 nitrogen and oxygen atoms in total. The lowest BCUT2D eigenvalue weighted by Gasteiger charge is -2.33. The van der Waals surface area contributed by atoms with Crippen LogP contribution in [-0.2, 0) is 9.59 Å². The molecule has 0 aliphatic carbocycles. The summed E-state index contributed by atoms with van der Waals surface area (Å²) < 4.78 is 10.8. The van der Waals surface area contributed by atoms with Crippen molar-refractivity contribution < 1.29 is 19.1 Å². The molecule has 1 aliphatic rings. The molecular weight excluding hydrogens is 332 g/mol. The zero-order valence-corrected chi connectivity index (χ0v) is 16.2. The molecule has 144 valence electrons. The lowest BCUT2D eigenvalue weighted by molar-refractivity contribution is -0.133. The average Bonchev–Trinajstić information content (AvgIpc) is 2.62. The molecule has 1 aliphatic heterocycles. The molecule has 1 fully saturated rings. The van der Waals surface area contributed by atoms with Crippen molar-refractivity contribution >= 4 is 11.8 Å². The van der Waals surface area contributed by atoms with E-state index in [-0.39, 0.29) is 17.9 Å². The van der Waals surface area contributed by atoms with Gasteiger partial charge in [-0.25, -0.2) is 0 Å². The van der Waals surface area contributed by atoms with Gasteiger partial charge in [0, 0.05) is 25.6 Å². The summed E-state index contributed by atoms with van der Waals surface area (Å²) in [4.78, 5) is 26.4. The Balaban J connectivity index is 1.76. The van der Waals surface area contributed by atoms with Crippen LogP contribution in [-0.4, -0.2) is 49.1 Å². The summed E-state index contributed by atoms with van der Waals surface area (Å²) in [5, 5.41) is 3.04. The molecule has 2 rings (SSSR count). The minimum Gasteiger partial charge on any atom is -0.497 e. The Kier molecular flexibility index (Phi) is 7.30. The van der Waals surface area contributed by atoms with Crippen molar-refractivity contribution in [3.8, 4) is 11.5 Å². The van der Waals surface area contributed by atoms with Gasteiger partial charge in [0.1, 0.15) is 11.5 Å². The molecule has 1 N–H and O–H groups in total. The fraction of sp³-hybridized carbons (Fsp3) is 0.600. The first-order valence-corrected chi connectivity index (χ1v) is 9.28. The number of benzene rings is 1. The topological polar surface area (TPSA) is 67.9 Å². The fourth-order valence-corrected chi connectivity index (χ4v) is 2.98. The van der Waals surface area contributed by atoms with Gasteiger partial charge in [0.15, 0.2) is 6.10 Å². The van der Waals surface area contributed by atoms with Crippen LogP contribution in [0.1, 0.15) is 40.0 Å². The number of carbonyl (C=O) groups is 2. The van der Waals surface area contributed by atoms with E-state index in [1.165, 1.54) is 0 Å². The number of piperidine rings is 1. The molecule has 26 heavy (non-hydrogen) atoms. The number of hydrogen-bond acceptors (Lipinski definition) is 4. The van der Waals surface area contributed by atoms with Gasteiger partial charge >= 0.3 is 0 Å². The van der Waals surface area contributed by atoms with Crippen LogP contribution in [0, 0.1) is 5.92 Å². The van der Waals surface area contributed by atoms with E-state index in [1.807, 2.05) is 4.90 Å². The second-order valence-electron chi connectivity index (χ2n) is 7.20. The Bertz CT molecular complexity index is 592. The minimum atomic E-state index is -0.580. The van der Waals surface area contributed by atoms with Crippen molar-refractivity contribution in [2.45, 2.75) is 52.2 Å². The Morgan fingerprint density at radius 1 is 1.12 bits per heavy atom. The number of hydrogen-bond donors (Lipinski definition) is 1. The Morgan fingerprint density at radius 3 is 2.23 bits per heavy atom. The highest BCUT2D eigenvalue weighted by Gasteiger charge is 2.25. The standard InChI is InChI=1S/C20H30N2O4/c1-14(2)13-19(23)22-11-9-16(10-12-22)21-20(24)15(3)26-18-7-5-17(25-4)6-8-18/h5-8,14-16H,9-13H2,1-4H3,(H,21,24). The number of likely N-dealkylation sites (tertiary alicyclic amines) is 1.